The average molecular weight is 380 g/mol. The number of Topliss-reactive ketones (excluding diaryl/α,β-unsaturated/α-hetero) is 1. The summed E-state index contributed by atoms with van der Waals surface area (Å²) in [7, 11) is 0. The number of carbonyl (C=O) groups excluding carboxylic acids is 1. The first-order chi connectivity index (χ1) is 13.6. The number of pyridine rings is 2. The predicted octanol–water partition coefficient (Wildman–Crippen LogP) is 3.93. The van der Waals surface area contributed by atoms with Crippen molar-refractivity contribution in [3.63, 3.8) is 0 Å². The fourth-order valence-electron chi connectivity index (χ4n) is 3.21. The molecule has 0 aliphatic carbocycles. The summed E-state index contributed by atoms with van der Waals surface area (Å²) < 4.78 is 5.67. The number of hydrogen-bond donors (Lipinski definition) is 2. The van der Waals surface area contributed by atoms with Gasteiger partial charge in [0.25, 0.3) is 0 Å². The Morgan fingerprint density at radius 3 is 2.86 bits per heavy atom. The second-order valence-electron chi connectivity index (χ2n) is 7.05. The highest BCUT2D eigenvalue weighted by molar-refractivity contribution is 6.11. The molecule has 3 rings (SSSR count). The van der Waals surface area contributed by atoms with E-state index in [1.807, 2.05) is 44.3 Å². The van der Waals surface area contributed by atoms with Gasteiger partial charge in [-0.15, -0.1) is 0 Å². The van der Waals surface area contributed by atoms with Crippen LogP contribution in [0.4, 0.5) is 5.82 Å². The van der Waals surface area contributed by atoms with Crippen LogP contribution in [0.5, 0.6) is 0 Å². The summed E-state index contributed by atoms with van der Waals surface area (Å²) in [4.78, 5) is 21.1. The maximum Gasteiger partial charge on any atom is 0.162 e. The Labute approximate surface area is 165 Å². The fourth-order valence-corrected chi connectivity index (χ4v) is 3.21. The van der Waals surface area contributed by atoms with Gasteiger partial charge in [-0.1, -0.05) is 19.1 Å². The van der Waals surface area contributed by atoms with Gasteiger partial charge < -0.3 is 15.8 Å². The van der Waals surface area contributed by atoms with E-state index in [-0.39, 0.29) is 11.8 Å². The van der Waals surface area contributed by atoms with Crippen molar-refractivity contribution in [1.82, 2.24) is 9.97 Å². The number of nitrogens with zero attached hydrogens (tertiary/aromatic N) is 2. The molecule has 6 nitrogen and oxygen atoms in total. The number of ether oxygens (including phenoxy) is 1. The molecule has 0 aliphatic rings. The molecular formula is C22H28N4O2. The molecule has 1 unspecified atom stereocenters. The third kappa shape index (κ3) is 4.82. The minimum Gasteiger partial charge on any atom is -0.380 e. The van der Waals surface area contributed by atoms with Gasteiger partial charge in [-0.05, 0) is 31.9 Å². The molecule has 0 radical (unpaired) electrons. The Morgan fingerprint density at radius 1 is 1.21 bits per heavy atom. The highest BCUT2D eigenvalue weighted by atomic mass is 16.5. The number of ketones is 1. The van der Waals surface area contributed by atoms with E-state index in [4.69, 9.17) is 15.5 Å². The maximum absolute atomic E-state index is 12.1. The quantitative estimate of drug-likeness (QED) is 0.315. The van der Waals surface area contributed by atoms with Crippen molar-refractivity contribution in [1.29, 1.82) is 0 Å². The zero-order valence-corrected chi connectivity index (χ0v) is 16.6. The molecule has 3 aromatic rings. The van der Waals surface area contributed by atoms with Crippen molar-refractivity contribution < 1.29 is 9.53 Å². The van der Waals surface area contributed by atoms with Gasteiger partial charge >= 0.3 is 0 Å². The van der Waals surface area contributed by atoms with Crippen molar-refractivity contribution in [2.24, 2.45) is 5.73 Å². The number of aromatic nitrogens is 2. The lowest BCUT2D eigenvalue weighted by atomic mass is 10.0. The third-order valence-corrected chi connectivity index (χ3v) is 4.73. The van der Waals surface area contributed by atoms with E-state index in [2.05, 4.69) is 10.3 Å². The lowest BCUT2D eigenvalue weighted by Gasteiger charge is -2.12. The molecule has 2 aromatic heterocycles. The molecule has 1 atom stereocenters. The zero-order valence-electron chi connectivity index (χ0n) is 16.6. The van der Waals surface area contributed by atoms with Crippen LogP contribution in [0, 0.1) is 0 Å². The second kappa shape index (κ2) is 9.57. The topological polar surface area (TPSA) is 90.1 Å². The molecular weight excluding hydrogens is 352 g/mol. The number of nitrogens with one attached hydrogen (secondary N) is 1. The first kappa shape index (κ1) is 20.2. The normalized spacial score (nSPS) is 12.4. The number of benzene rings is 1. The van der Waals surface area contributed by atoms with Crippen LogP contribution in [0.3, 0.4) is 0 Å². The van der Waals surface area contributed by atoms with Gasteiger partial charge in [0.1, 0.15) is 5.82 Å². The van der Waals surface area contributed by atoms with E-state index in [9.17, 15) is 4.79 Å². The standard InChI is InChI=1S/C22H28N4O2/c1-3-21(27)16-6-7-17-19-14-24-9-8-18(19)22(26-20(17)13-16)25-10-12-28-11-4-5-15(2)23/h6-9,13-15H,3-5,10-12,23H2,1-2H3,(H,25,26). The molecule has 0 spiro atoms. The first-order valence-corrected chi connectivity index (χ1v) is 9.88. The molecule has 0 saturated carbocycles. The first-order valence-electron chi connectivity index (χ1n) is 9.88. The Balaban J connectivity index is 1.77. The molecule has 2 heterocycles. The smallest absolute Gasteiger partial charge is 0.162 e. The Kier molecular flexibility index (Phi) is 6.90. The number of carbonyl (C=O) groups is 1. The summed E-state index contributed by atoms with van der Waals surface area (Å²) in [5.41, 5.74) is 7.22. The lowest BCUT2D eigenvalue weighted by molar-refractivity contribution is 0.0988. The Bertz CT molecular complexity index is 956. The van der Waals surface area contributed by atoms with Gasteiger partial charge in [-0.25, -0.2) is 4.98 Å². The van der Waals surface area contributed by atoms with E-state index in [1.54, 1.807) is 6.20 Å². The van der Waals surface area contributed by atoms with Crippen molar-refractivity contribution in [3.8, 4) is 0 Å². The Hall–Kier alpha value is -2.57. The Morgan fingerprint density at radius 2 is 2.07 bits per heavy atom. The lowest BCUT2D eigenvalue weighted by Crippen LogP contribution is -2.16. The molecule has 1 aromatic carbocycles. The van der Waals surface area contributed by atoms with Crippen LogP contribution in [-0.2, 0) is 4.74 Å². The summed E-state index contributed by atoms with van der Waals surface area (Å²) in [5.74, 6) is 0.898. The molecule has 3 N–H and O–H groups in total. The molecule has 148 valence electrons. The molecule has 0 aliphatic heterocycles. The van der Waals surface area contributed by atoms with Crippen LogP contribution in [0.1, 0.15) is 43.5 Å². The highest BCUT2D eigenvalue weighted by Gasteiger charge is 2.11. The number of nitrogens with two attached hydrogens (primary N) is 1. The SMILES string of the molecule is CCC(=O)c1ccc2c(c1)nc(NCCOCCCC(C)N)c1ccncc12. The minimum atomic E-state index is 0.115. The van der Waals surface area contributed by atoms with Crippen molar-refractivity contribution >= 4 is 33.3 Å². The van der Waals surface area contributed by atoms with Gasteiger partial charge in [0.15, 0.2) is 5.78 Å². The number of anilines is 1. The summed E-state index contributed by atoms with van der Waals surface area (Å²) in [6.07, 6.45) is 6.02. The van der Waals surface area contributed by atoms with Crippen molar-refractivity contribution in [2.45, 2.75) is 39.2 Å². The van der Waals surface area contributed by atoms with Crippen LogP contribution in [0.25, 0.3) is 21.7 Å². The summed E-state index contributed by atoms with van der Waals surface area (Å²) in [6.45, 7) is 5.83. The molecule has 6 heteroatoms. The van der Waals surface area contributed by atoms with Crippen LogP contribution in [-0.4, -0.2) is 41.6 Å². The van der Waals surface area contributed by atoms with E-state index in [0.717, 1.165) is 40.3 Å². The minimum absolute atomic E-state index is 0.115. The third-order valence-electron chi connectivity index (χ3n) is 4.73. The van der Waals surface area contributed by atoms with Crippen LogP contribution < -0.4 is 11.1 Å². The maximum atomic E-state index is 12.1. The van der Waals surface area contributed by atoms with E-state index in [0.29, 0.717) is 31.7 Å². The fraction of sp³-hybridized carbons (Fsp3) is 0.409. The molecule has 0 fully saturated rings. The average Bonchev–Trinajstić information content (AvgIpc) is 2.71. The highest BCUT2D eigenvalue weighted by Crippen LogP contribution is 2.29. The van der Waals surface area contributed by atoms with E-state index < -0.39 is 0 Å². The number of fused-ring (bicyclic) bond motifs is 3. The van der Waals surface area contributed by atoms with Crippen LogP contribution >= 0.6 is 0 Å². The second-order valence-corrected chi connectivity index (χ2v) is 7.05. The number of hydrogen-bond acceptors (Lipinski definition) is 6. The van der Waals surface area contributed by atoms with Crippen molar-refractivity contribution in [3.05, 3.63) is 42.2 Å². The van der Waals surface area contributed by atoms with Crippen molar-refractivity contribution in [2.75, 3.05) is 25.1 Å². The van der Waals surface area contributed by atoms with Gasteiger partial charge in [0, 0.05) is 59.7 Å². The summed E-state index contributed by atoms with van der Waals surface area (Å²) >= 11 is 0. The largest absolute Gasteiger partial charge is 0.380 e. The van der Waals surface area contributed by atoms with Crippen LogP contribution in [0.2, 0.25) is 0 Å². The molecule has 0 amide bonds. The van der Waals surface area contributed by atoms with E-state index in [1.165, 1.54) is 0 Å². The van der Waals surface area contributed by atoms with Gasteiger partial charge in [0.2, 0.25) is 0 Å². The van der Waals surface area contributed by atoms with Crippen LogP contribution in [0.15, 0.2) is 36.7 Å². The molecule has 0 saturated heterocycles. The number of rotatable bonds is 10. The molecule has 28 heavy (non-hydrogen) atoms. The van der Waals surface area contributed by atoms with Gasteiger partial charge in [-0.3, -0.25) is 9.78 Å². The predicted molar refractivity (Wildman–Crippen MR) is 114 cm³/mol. The zero-order chi connectivity index (χ0) is 19.9. The van der Waals surface area contributed by atoms with E-state index >= 15 is 0 Å². The monoisotopic (exact) mass is 380 g/mol. The van der Waals surface area contributed by atoms with Gasteiger partial charge in [0.05, 0.1) is 12.1 Å². The molecule has 0 bridgehead atoms. The summed E-state index contributed by atoms with van der Waals surface area (Å²) in [5, 5.41) is 6.39. The van der Waals surface area contributed by atoms with Gasteiger partial charge in [-0.2, -0.15) is 0 Å². The summed E-state index contributed by atoms with van der Waals surface area (Å²) in [6, 6.07) is 7.86.